The van der Waals surface area contributed by atoms with Crippen LogP contribution in [0.2, 0.25) is 0 Å². The normalized spacial score (nSPS) is 35.0. The van der Waals surface area contributed by atoms with Crippen LogP contribution in [0.4, 0.5) is 4.39 Å². The van der Waals surface area contributed by atoms with E-state index in [2.05, 4.69) is 10.0 Å². The molecule has 5 saturated carbocycles. The predicted molar refractivity (Wildman–Crippen MR) is 111 cm³/mol. The van der Waals surface area contributed by atoms with Gasteiger partial charge in [0.1, 0.15) is 11.4 Å². The summed E-state index contributed by atoms with van der Waals surface area (Å²) in [6, 6.07) is 3.67. The van der Waals surface area contributed by atoms with Crippen molar-refractivity contribution in [3.63, 3.8) is 0 Å². The number of benzene rings is 1. The van der Waals surface area contributed by atoms with Crippen molar-refractivity contribution in [2.45, 2.75) is 68.3 Å². The van der Waals surface area contributed by atoms with Gasteiger partial charge in [0, 0.05) is 11.5 Å². The number of primary amides is 1. The number of carbonyl (C=O) groups excluding carboxylic acids is 2. The molecule has 0 spiro atoms. The van der Waals surface area contributed by atoms with Crippen molar-refractivity contribution >= 4 is 21.8 Å². The molecule has 0 radical (unpaired) electrons. The van der Waals surface area contributed by atoms with Crippen molar-refractivity contribution in [3.05, 3.63) is 29.6 Å². The van der Waals surface area contributed by atoms with E-state index >= 15 is 0 Å². The van der Waals surface area contributed by atoms with Crippen LogP contribution in [-0.2, 0) is 19.6 Å². The average molecular weight is 450 g/mol. The number of hydrogen-bond donors (Lipinski definition) is 3. The van der Waals surface area contributed by atoms with E-state index in [0.29, 0.717) is 37.2 Å². The molecule has 0 saturated heterocycles. The molecule has 1 aromatic rings. The Hall–Kier alpha value is -2.00. The quantitative estimate of drug-likeness (QED) is 0.613. The minimum atomic E-state index is -4.03. The fourth-order valence-electron chi connectivity index (χ4n) is 6.41. The smallest absolute Gasteiger partial charge is 0.241 e. The molecule has 31 heavy (non-hydrogen) atoms. The number of nitrogens with two attached hydrogens (primary N) is 1. The molecule has 5 fully saturated rings. The van der Waals surface area contributed by atoms with Crippen molar-refractivity contribution in [1.82, 2.24) is 10.0 Å². The largest absolute Gasteiger partial charge is 0.369 e. The van der Waals surface area contributed by atoms with E-state index in [1.54, 1.807) is 6.92 Å². The van der Waals surface area contributed by atoms with Gasteiger partial charge in [0.15, 0.2) is 0 Å². The second-order valence-electron chi connectivity index (χ2n) is 10.2. The molecule has 0 heterocycles. The standard InChI is InChI=1S/C22H28FN3O4S/c1-12-2-3-16(8-17(12)23)31(29,30)26-22(4-5-22)20(28)25-18-14-6-13-7-15(18)11-21(9-13,10-14)19(24)27/h2-3,8,13-15,18,26H,4-7,9-11H2,1H3,(H2,24,27)(H,25,28). The van der Waals surface area contributed by atoms with Crippen molar-refractivity contribution in [1.29, 1.82) is 0 Å². The molecule has 4 bridgehead atoms. The van der Waals surface area contributed by atoms with E-state index in [1.165, 1.54) is 12.1 Å². The lowest BCUT2D eigenvalue weighted by molar-refractivity contribution is -0.147. The van der Waals surface area contributed by atoms with Crippen LogP contribution in [0.15, 0.2) is 23.1 Å². The van der Waals surface area contributed by atoms with Gasteiger partial charge in [-0.2, -0.15) is 4.72 Å². The van der Waals surface area contributed by atoms with Gasteiger partial charge in [-0.05, 0) is 87.3 Å². The summed E-state index contributed by atoms with van der Waals surface area (Å²) >= 11 is 0. The third-order valence-electron chi connectivity index (χ3n) is 8.06. The Kier molecular flexibility index (Phi) is 4.54. The molecule has 9 heteroatoms. The Bertz CT molecular complexity index is 1050. The number of sulfonamides is 1. The number of nitrogens with one attached hydrogen (secondary N) is 2. The van der Waals surface area contributed by atoms with Gasteiger partial charge >= 0.3 is 0 Å². The average Bonchev–Trinajstić information content (AvgIpc) is 3.46. The highest BCUT2D eigenvalue weighted by atomic mass is 32.2. The Labute approximate surface area is 181 Å². The summed E-state index contributed by atoms with van der Waals surface area (Å²) in [6.45, 7) is 1.56. The van der Waals surface area contributed by atoms with Gasteiger partial charge in [-0.3, -0.25) is 9.59 Å². The second-order valence-corrected chi connectivity index (χ2v) is 11.9. The van der Waals surface area contributed by atoms with Crippen molar-refractivity contribution < 1.29 is 22.4 Å². The summed E-state index contributed by atoms with van der Waals surface area (Å²) in [7, 11) is -4.03. The lowest BCUT2D eigenvalue weighted by Crippen LogP contribution is -2.63. The van der Waals surface area contributed by atoms with Crippen LogP contribution in [0, 0.1) is 35.9 Å². The minimum Gasteiger partial charge on any atom is -0.369 e. The summed E-state index contributed by atoms with van der Waals surface area (Å²) in [5, 5.41) is 3.12. The molecule has 2 atom stereocenters. The van der Waals surface area contributed by atoms with Crippen LogP contribution in [0.1, 0.15) is 50.5 Å². The van der Waals surface area contributed by atoms with Gasteiger partial charge in [0.05, 0.1) is 4.90 Å². The molecule has 0 aliphatic heterocycles. The summed E-state index contributed by atoms with van der Waals surface area (Å²) in [5.74, 6) is -0.289. The third kappa shape index (κ3) is 3.36. The van der Waals surface area contributed by atoms with Crippen LogP contribution in [0.25, 0.3) is 0 Å². The van der Waals surface area contributed by atoms with Gasteiger partial charge in [-0.1, -0.05) is 6.07 Å². The fourth-order valence-corrected chi connectivity index (χ4v) is 7.84. The van der Waals surface area contributed by atoms with Crippen molar-refractivity contribution in [2.75, 3.05) is 0 Å². The van der Waals surface area contributed by atoms with Gasteiger partial charge < -0.3 is 11.1 Å². The Morgan fingerprint density at radius 1 is 1.13 bits per heavy atom. The molecule has 6 rings (SSSR count). The molecule has 2 unspecified atom stereocenters. The number of carbonyl (C=O) groups is 2. The Balaban J connectivity index is 1.31. The molecule has 0 aromatic heterocycles. The van der Waals surface area contributed by atoms with Gasteiger partial charge in [-0.15, -0.1) is 0 Å². The highest BCUT2D eigenvalue weighted by Gasteiger charge is 2.60. The van der Waals surface area contributed by atoms with Crippen LogP contribution in [-0.4, -0.2) is 31.8 Å². The molecule has 2 amide bonds. The first-order valence-electron chi connectivity index (χ1n) is 10.9. The first-order chi connectivity index (χ1) is 14.5. The molecular weight excluding hydrogens is 421 g/mol. The van der Waals surface area contributed by atoms with E-state index in [0.717, 1.165) is 25.3 Å². The SMILES string of the molecule is Cc1ccc(S(=O)(=O)NC2(C(=O)NC3C4CC5CC3CC(C(N)=O)(C5)C4)CC2)cc1F. The highest BCUT2D eigenvalue weighted by molar-refractivity contribution is 7.89. The number of rotatable bonds is 6. The lowest BCUT2D eigenvalue weighted by atomic mass is 9.47. The van der Waals surface area contributed by atoms with Crippen LogP contribution >= 0.6 is 0 Å². The number of halogens is 1. The maximum absolute atomic E-state index is 13.9. The zero-order chi connectivity index (χ0) is 22.2. The van der Waals surface area contributed by atoms with E-state index in [-0.39, 0.29) is 34.6 Å². The first kappa shape index (κ1) is 20.9. The highest BCUT2D eigenvalue weighted by Crippen LogP contribution is 2.60. The zero-order valence-corrected chi connectivity index (χ0v) is 18.3. The van der Waals surface area contributed by atoms with Gasteiger partial charge in [0.25, 0.3) is 0 Å². The number of aryl methyl sites for hydroxylation is 1. The summed E-state index contributed by atoms with van der Waals surface area (Å²) in [6.07, 6.45) is 5.00. The van der Waals surface area contributed by atoms with E-state index in [1.807, 2.05) is 0 Å². The molecule has 168 valence electrons. The predicted octanol–water partition coefficient (Wildman–Crippen LogP) is 1.74. The van der Waals surface area contributed by atoms with Crippen LogP contribution in [0.3, 0.4) is 0 Å². The minimum absolute atomic E-state index is 0.0599. The molecular formula is C22H28FN3O4S. The maximum Gasteiger partial charge on any atom is 0.241 e. The Morgan fingerprint density at radius 3 is 2.32 bits per heavy atom. The number of hydrogen-bond acceptors (Lipinski definition) is 4. The van der Waals surface area contributed by atoms with E-state index in [9.17, 15) is 22.4 Å². The van der Waals surface area contributed by atoms with Crippen LogP contribution < -0.4 is 15.8 Å². The summed E-state index contributed by atoms with van der Waals surface area (Å²) in [5.41, 5.74) is 4.46. The molecule has 7 nitrogen and oxygen atoms in total. The molecule has 1 aromatic carbocycles. The van der Waals surface area contributed by atoms with E-state index in [4.69, 9.17) is 5.73 Å². The monoisotopic (exact) mass is 449 g/mol. The summed E-state index contributed by atoms with van der Waals surface area (Å²) in [4.78, 5) is 25.1. The fraction of sp³-hybridized carbons (Fsp3) is 0.636. The first-order valence-corrected chi connectivity index (χ1v) is 12.4. The second kappa shape index (κ2) is 6.75. The Morgan fingerprint density at radius 2 is 1.77 bits per heavy atom. The number of amides is 2. The summed E-state index contributed by atoms with van der Waals surface area (Å²) < 4.78 is 42.0. The zero-order valence-electron chi connectivity index (χ0n) is 17.5. The molecule has 4 N–H and O–H groups in total. The molecule has 5 aliphatic rings. The third-order valence-corrected chi connectivity index (χ3v) is 9.60. The lowest BCUT2D eigenvalue weighted by Gasteiger charge is -2.59. The molecule has 5 aliphatic carbocycles. The van der Waals surface area contributed by atoms with Gasteiger partial charge in [-0.25, -0.2) is 12.8 Å². The van der Waals surface area contributed by atoms with Crippen LogP contribution in [0.5, 0.6) is 0 Å². The maximum atomic E-state index is 13.9. The van der Waals surface area contributed by atoms with E-state index < -0.39 is 26.8 Å². The van der Waals surface area contributed by atoms with Crippen molar-refractivity contribution in [2.24, 2.45) is 28.9 Å². The van der Waals surface area contributed by atoms with Gasteiger partial charge in [0.2, 0.25) is 21.8 Å². The van der Waals surface area contributed by atoms with Crippen molar-refractivity contribution in [3.8, 4) is 0 Å². The topological polar surface area (TPSA) is 118 Å².